The molecule has 20 nitrogen and oxygen atoms in total. The lowest BCUT2D eigenvalue weighted by Crippen LogP contribution is -2.49. The molecule has 0 saturated carbocycles. The molecular formula is C50H87N3O17. The predicted octanol–water partition coefficient (Wildman–Crippen LogP) is 4.67. The minimum atomic E-state index is -1.40. The van der Waals surface area contributed by atoms with Gasteiger partial charge in [0.2, 0.25) is 17.7 Å². The molecule has 404 valence electrons. The lowest BCUT2D eigenvalue weighted by atomic mass is 9.86. The fourth-order valence-electron chi connectivity index (χ4n) is 6.14. The Balaban J connectivity index is 5.39. The molecule has 0 rings (SSSR count). The first-order valence-corrected chi connectivity index (χ1v) is 24.3. The van der Waals surface area contributed by atoms with E-state index in [1.165, 1.54) is 6.92 Å². The van der Waals surface area contributed by atoms with E-state index < -0.39 is 112 Å². The first-order valence-electron chi connectivity index (χ1n) is 24.3. The van der Waals surface area contributed by atoms with Crippen LogP contribution in [0.2, 0.25) is 0 Å². The zero-order valence-electron chi connectivity index (χ0n) is 44.8. The van der Waals surface area contributed by atoms with Gasteiger partial charge in [-0.25, -0.2) is 0 Å². The normalized spacial score (nSPS) is 13.8. The van der Waals surface area contributed by atoms with Gasteiger partial charge in [-0.3, -0.25) is 43.2 Å². The highest BCUT2D eigenvalue weighted by Gasteiger charge is 2.35. The number of ether oxygens (including phenoxy) is 8. The number of amides is 3. The Morgan fingerprint density at radius 1 is 0.414 bits per heavy atom. The minimum Gasteiger partial charge on any atom is -0.460 e. The van der Waals surface area contributed by atoms with Gasteiger partial charge >= 0.3 is 23.9 Å². The topological polar surface area (TPSA) is 264 Å². The van der Waals surface area contributed by atoms with Gasteiger partial charge in [0.25, 0.3) is 0 Å². The van der Waals surface area contributed by atoms with Crippen LogP contribution >= 0.6 is 0 Å². The molecule has 70 heavy (non-hydrogen) atoms. The highest BCUT2D eigenvalue weighted by Crippen LogP contribution is 2.21. The molecule has 0 fully saturated rings. The van der Waals surface area contributed by atoms with Crippen molar-refractivity contribution in [3.8, 4) is 0 Å². The summed E-state index contributed by atoms with van der Waals surface area (Å²) < 4.78 is 43.2. The molecule has 3 N–H and O–H groups in total. The third-order valence-corrected chi connectivity index (χ3v) is 9.31. The van der Waals surface area contributed by atoms with Crippen molar-refractivity contribution >= 4 is 53.2 Å². The van der Waals surface area contributed by atoms with Gasteiger partial charge in [0, 0.05) is 44.1 Å². The number of rotatable bonds is 34. The summed E-state index contributed by atoms with van der Waals surface area (Å²) in [5.74, 6) is -7.80. The van der Waals surface area contributed by atoms with Crippen molar-refractivity contribution < 1.29 is 81.0 Å². The van der Waals surface area contributed by atoms with Gasteiger partial charge in [0.05, 0.1) is 84.2 Å². The molecule has 0 aromatic carbocycles. The molecule has 0 saturated heterocycles. The number of hydrogen-bond donors (Lipinski definition) is 3. The van der Waals surface area contributed by atoms with E-state index in [1.54, 1.807) is 96.9 Å². The van der Waals surface area contributed by atoms with Crippen molar-refractivity contribution in [1.29, 1.82) is 0 Å². The molecule has 0 aromatic rings. The second-order valence-electron chi connectivity index (χ2n) is 21.4. The molecule has 0 aliphatic carbocycles. The zero-order chi connectivity index (χ0) is 53.9. The largest absolute Gasteiger partial charge is 0.460 e. The summed E-state index contributed by atoms with van der Waals surface area (Å²) in [6, 6.07) is -2.65. The third-order valence-electron chi connectivity index (χ3n) is 9.31. The number of ketones is 2. The Bertz CT molecular complexity index is 1670. The fraction of sp³-hybridized carbons (Fsp3) is 0.820. The summed E-state index contributed by atoms with van der Waals surface area (Å²) in [4.78, 5) is 117. The van der Waals surface area contributed by atoms with Crippen molar-refractivity contribution in [2.75, 3.05) is 59.4 Å². The van der Waals surface area contributed by atoms with Gasteiger partial charge in [-0.05, 0) is 95.4 Å². The molecule has 0 aromatic heterocycles. The number of esters is 4. The molecule has 0 radical (unpaired) electrons. The molecule has 4 atom stereocenters. The summed E-state index contributed by atoms with van der Waals surface area (Å²) in [6.07, 6.45) is -2.07. The Morgan fingerprint density at radius 3 is 1.30 bits per heavy atom. The maximum atomic E-state index is 14.0. The number of nitrogens with one attached hydrogen (secondary N) is 3. The van der Waals surface area contributed by atoms with Crippen molar-refractivity contribution in [3.05, 3.63) is 0 Å². The average Bonchev–Trinajstić information content (AvgIpc) is 3.18. The maximum Gasteiger partial charge on any atom is 0.308 e. The number of hydrogen-bond acceptors (Lipinski definition) is 17. The van der Waals surface area contributed by atoms with E-state index in [-0.39, 0.29) is 77.5 Å². The van der Waals surface area contributed by atoms with E-state index in [0.717, 1.165) is 0 Å². The van der Waals surface area contributed by atoms with Crippen LogP contribution in [0.15, 0.2) is 0 Å². The van der Waals surface area contributed by atoms with Crippen LogP contribution in [-0.4, -0.2) is 147 Å². The summed E-state index contributed by atoms with van der Waals surface area (Å²) in [5, 5.41) is 7.93. The Morgan fingerprint density at radius 2 is 0.829 bits per heavy atom. The van der Waals surface area contributed by atoms with Crippen molar-refractivity contribution in [2.24, 2.45) is 17.8 Å². The molecule has 0 bridgehead atoms. The lowest BCUT2D eigenvalue weighted by molar-refractivity contribution is -0.158. The summed E-state index contributed by atoms with van der Waals surface area (Å²) in [5.41, 5.74) is -3.03. The van der Waals surface area contributed by atoms with Crippen LogP contribution in [0.3, 0.4) is 0 Å². The fourth-order valence-corrected chi connectivity index (χ4v) is 6.14. The second-order valence-corrected chi connectivity index (χ2v) is 21.4. The Labute approximate surface area is 416 Å². The van der Waals surface area contributed by atoms with Gasteiger partial charge in [-0.15, -0.1) is 0 Å². The molecule has 3 amide bonds. The Kier molecular flexibility index (Phi) is 30.3. The number of carbonyl (C=O) groups is 9. The second kappa shape index (κ2) is 32.4. The standard InChI is InChI=1S/C50H87N3O17/c1-33(2)35(31-39(55)36(16-19-41(57)67-47(4,5)6)52-45(61)34(3)30-43(59)69-49(10,11)12)46(62)53-37(32-44(60)70-50(13,14)15)38(54)17-18-40(56)51-21-23-64-25-27-66-29-28-65-26-24-63-22-20-42(58)68-48(7,8)9/h33-37H,16-32H2,1-15H3,(H,51,56)(H,52,61)(H,53,62)/t34-,35-,36-,37-/m0/s1. The molecule has 0 spiro atoms. The van der Waals surface area contributed by atoms with Crippen LogP contribution in [0, 0.1) is 17.8 Å². The number of carbonyl (C=O) groups excluding carboxylic acids is 9. The first kappa shape index (κ1) is 65.5. The van der Waals surface area contributed by atoms with Gasteiger partial charge in [0.1, 0.15) is 22.4 Å². The van der Waals surface area contributed by atoms with Crippen molar-refractivity contribution in [1.82, 2.24) is 16.0 Å². The minimum absolute atomic E-state index is 0.147. The third kappa shape index (κ3) is 35.6. The van der Waals surface area contributed by atoms with Crippen LogP contribution in [-0.2, 0) is 81.0 Å². The van der Waals surface area contributed by atoms with Gasteiger partial charge in [0.15, 0.2) is 11.6 Å². The van der Waals surface area contributed by atoms with Crippen LogP contribution < -0.4 is 16.0 Å². The zero-order valence-corrected chi connectivity index (χ0v) is 44.8. The van der Waals surface area contributed by atoms with E-state index in [9.17, 15) is 43.2 Å². The summed E-state index contributed by atoms with van der Waals surface area (Å²) in [7, 11) is 0. The van der Waals surface area contributed by atoms with Crippen LogP contribution in [0.1, 0.15) is 155 Å². The quantitative estimate of drug-likeness (QED) is 0.0449. The SMILES string of the molecule is CC(C)[C@H](CC(=O)[C@H](CCC(=O)OC(C)(C)C)NC(=O)[C@@H](C)CC(=O)OC(C)(C)C)C(=O)N[C@@H](CC(=O)OC(C)(C)C)C(=O)CCC(=O)NCCOCCOCCOCCOCCC(=O)OC(C)(C)C. The van der Waals surface area contributed by atoms with Gasteiger partial charge < -0.3 is 53.8 Å². The monoisotopic (exact) mass is 1000 g/mol. The number of Topliss-reactive ketones (excluding diaryl/α,β-unsaturated/α-hetero) is 2. The molecule has 0 heterocycles. The van der Waals surface area contributed by atoms with Gasteiger partial charge in [-0.1, -0.05) is 20.8 Å². The van der Waals surface area contributed by atoms with E-state index in [2.05, 4.69) is 16.0 Å². The summed E-state index contributed by atoms with van der Waals surface area (Å²) >= 11 is 0. The highest BCUT2D eigenvalue weighted by atomic mass is 16.6. The van der Waals surface area contributed by atoms with Crippen LogP contribution in [0.5, 0.6) is 0 Å². The first-order chi connectivity index (χ1) is 32.2. The van der Waals surface area contributed by atoms with E-state index in [0.29, 0.717) is 26.4 Å². The van der Waals surface area contributed by atoms with Gasteiger partial charge in [-0.2, -0.15) is 0 Å². The smallest absolute Gasteiger partial charge is 0.308 e. The van der Waals surface area contributed by atoms with E-state index in [1.807, 2.05) is 0 Å². The van der Waals surface area contributed by atoms with E-state index in [4.69, 9.17) is 37.9 Å². The highest BCUT2D eigenvalue weighted by molar-refractivity contribution is 5.97. The summed E-state index contributed by atoms with van der Waals surface area (Å²) in [6.45, 7) is 27.8. The maximum absolute atomic E-state index is 14.0. The molecule has 0 aliphatic heterocycles. The molecule has 0 unspecified atom stereocenters. The van der Waals surface area contributed by atoms with E-state index >= 15 is 0 Å². The predicted molar refractivity (Wildman–Crippen MR) is 258 cm³/mol. The molecular weight excluding hydrogens is 915 g/mol. The lowest BCUT2D eigenvalue weighted by Gasteiger charge is -2.27. The molecule has 0 aliphatic rings. The average molecular weight is 1000 g/mol. The van der Waals surface area contributed by atoms with Crippen molar-refractivity contribution in [3.63, 3.8) is 0 Å². The van der Waals surface area contributed by atoms with Crippen molar-refractivity contribution in [2.45, 2.75) is 190 Å². The van der Waals surface area contributed by atoms with Crippen LogP contribution in [0.25, 0.3) is 0 Å². The van der Waals surface area contributed by atoms with Crippen LogP contribution in [0.4, 0.5) is 0 Å². The molecule has 20 heteroatoms. The Hall–Kier alpha value is -4.53.